The number of methoxy groups -OCH3 is 1. The summed E-state index contributed by atoms with van der Waals surface area (Å²) in [6.07, 6.45) is 0. The van der Waals surface area contributed by atoms with Crippen LogP contribution < -0.4 is 0 Å². The second-order valence-corrected chi connectivity index (χ2v) is 6.17. The first-order chi connectivity index (χ1) is 9.11. The maximum atomic E-state index is 11.5. The van der Waals surface area contributed by atoms with Gasteiger partial charge in [0.15, 0.2) is 0 Å². The molecule has 0 saturated carbocycles. The van der Waals surface area contributed by atoms with Crippen molar-refractivity contribution in [3.8, 4) is 0 Å². The molecule has 0 atom stereocenters. The molecule has 0 aliphatic rings. The maximum Gasteiger partial charge on any atom is 0.349 e. The van der Waals surface area contributed by atoms with E-state index in [1.165, 1.54) is 28.9 Å². The molecular weight excluding hydrogens is 278 g/mol. The molecule has 100 valence electrons. The molecule has 0 saturated heterocycles. The fraction of sp³-hybridized carbons (Fsp3) is 0.286. The predicted molar refractivity (Wildman–Crippen MR) is 78.9 cm³/mol. The van der Waals surface area contributed by atoms with Gasteiger partial charge in [0, 0.05) is 4.90 Å². The Balaban J connectivity index is 2.09. The summed E-state index contributed by atoms with van der Waals surface area (Å²) in [6.45, 7) is 3.93. The van der Waals surface area contributed by atoms with Crippen LogP contribution in [0.2, 0.25) is 0 Å². The number of hydrogen-bond donors (Lipinski definition) is 0. The van der Waals surface area contributed by atoms with Crippen LogP contribution in [0.3, 0.4) is 0 Å². The number of carbonyl (C=O) groups excluding carboxylic acids is 1. The zero-order valence-corrected chi connectivity index (χ0v) is 12.7. The topological polar surface area (TPSA) is 39.2 Å². The zero-order chi connectivity index (χ0) is 13.8. The smallest absolute Gasteiger partial charge is 0.349 e. The number of rotatable bonds is 4. The molecule has 0 aliphatic carbocycles. The van der Waals surface area contributed by atoms with Crippen molar-refractivity contribution in [2.75, 3.05) is 7.11 Å². The van der Waals surface area contributed by atoms with Gasteiger partial charge in [-0.15, -0.1) is 23.1 Å². The summed E-state index contributed by atoms with van der Waals surface area (Å²) in [4.78, 5) is 17.8. The van der Waals surface area contributed by atoms with Gasteiger partial charge in [-0.1, -0.05) is 18.2 Å². The number of benzene rings is 1. The third-order valence-electron chi connectivity index (χ3n) is 2.66. The van der Waals surface area contributed by atoms with E-state index in [4.69, 9.17) is 4.74 Å². The molecule has 2 rings (SSSR count). The summed E-state index contributed by atoms with van der Waals surface area (Å²) in [5.74, 6) is 0.468. The second kappa shape index (κ2) is 6.21. The van der Waals surface area contributed by atoms with Crippen molar-refractivity contribution in [2.45, 2.75) is 24.5 Å². The van der Waals surface area contributed by atoms with Gasteiger partial charge >= 0.3 is 5.97 Å². The van der Waals surface area contributed by atoms with Crippen molar-refractivity contribution in [1.82, 2.24) is 4.98 Å². The van der Waals surface area contributed by atoms with E-state index in [0.29, 0.717) is 4.88 Å². The first-order valence-corrected chi connectivity index (χ1v) is 7.65. The molecule has 1 aromatic carbocycles. The molecule has 0 aliphatic heterocycles. The molecule has 0 unspecified atom stereocenters. The van der Waals surface area contributed by atoms with Crippen LogP contribution in [0, 0.1) is 13.8 Å². The quantitative estimate of drug-likeness (QED) is 0.634. The van der Waals surface area contributed by atoms with Crippen molar-refractivity contribution in [3.05, 3.63) is 45.4 Å². The first-order valence-electron chi connectivity index (χ1n) is 5.85. The van der Waals surface area contributed by atoms with Crippen molar-refractivity contribution in [3.63, 3.8) is 0 Å². The van der Waals surface area contributed by atoms with Gasteiger partial charge in [-0.2, -0.15) is 0 Å². The lowest BCUT2D eigenvalue weighted by Gasteiger charge is -2.02. The van der Waals surface area contributed by atoms with Crippen LogP contribution in [-0.2, 0) is 10.5 Å². The van der Waals surface area contributed by atoms with Gasteiger partial charge < -0.3 is 4.74 Å². The number of thioether (sulfide) groups is 1. The lowest BCUT2D eigenvalue weighted by molar-refractivity contribution is 0.0605. The normalized spacial score (nSPS) is 10.5. The van der Waals surface area contributed by atoms with E-state index in [9.17, 15) is 4.79 Å². The van der Waals surface area contributed by atoms with Crippen molar-refractivity contribution in [1.29, 1.82) is 0 Å². The average Bonchev–Trinajstić information content (AvgIpc) is 2.78. The molecule has 0 N–H and O–H groups in total. The molecule has 3 nitrogen and oxygen atoms in total. The van der Waals surface area contributed by atoms with E-state index in [1.54, 1.807) is 11.8 Å². The van der Waals surface area contributed by atoms with Gasteiger partial charge in [0.25, 0.3) is 0 Å². The Morgan fingerprint density at radius 2 is 2.11 bits per heavy atom. The Bertz CT molecular complexity index is 593. The summed E-state index contributed by atoms with van der Waals surface area (Å²) in [5, 5.41) is 0.950. The minimum Gasteiger partial charge on any atom is -0.465 e. The molecule has 2 aromatic rings. The highest BCUT2D eigenvalue weighted by Gasteiger charge is 2.15. The number of nitrogens with zero attached hydrogens (tertiary/aromatic N) is 1. The summed E-state index contributed by atoms with van der Waals surface area (Å²) < 4.78 is 4.74. The molecule has 0 spiro atoms. The molecule has 0 bridgehead atoms. The van der Waals surface area contributed by atoms with E-state index < -0.39 is 0 Å². The highest BCUT2D eigenvalue weighted by Crippen LogP contribution is 2.28. The number of thiazole rings is 1. The monoisotopic (exact) mass is 293 g/mol. The van der Waals surface area contributed by atoms with E-state index >= 15 is 0 Å². The standard InChI is InChI=1S/C14H15NO2S2/c1-9-6-4-5-7-11(9)18-8-12-15-10(2)13(19-12)14(16)17-3/h4-7H,8H2,1-3H3. The van der Waals surface area contributed by atoms with Crippen LogP contribution in [0.1, 0.15) is 25.9 Å². The fourth-order valence-corrected chi connectivity index (χ4v) is 3.66. The summed E-state index contributed by atoms with van der Waals surface area (Å²) in [5.41, 5.74) is 2.01. The minimum atomic E-state index is -0.304. The van der Waals surface area contributed by atoms with Gasteiger partial charge in [-0.05, 0) is 25.5 Å². The number of esters is 1. The van der Waals surface area contributed by atoms with Crippen LogP contribution in [0.5, 0.6) is 0 Å². The number of aryl methyl sites for hydroxylation is 2. The minimum absolute atomic E-state index is 0.304. The highest BCUT2D eigenvalue weighted by atomic mass is 32.2. The lowest BCUT2D eigenvalue weighted by Crippen LogP contribution is -1.99. The van der Waals surface area contributed by atoms with Crippen LogP contribution in [-0.4, -0.2) is 18.1 Å². The number of ether oxygens (including phenoxy) is 1. The fourth-order valence-electron chi connectivity index (χ4n) is 1.65. The van der Waals surface area contributed by atoms with Crippen LogP contribution in [0.4, 0.5) is 0 Å². The van der Waals surface area contributed by atoms with Crippen molar-refractivity contribution in [2.24, 2.45) is 0 Å². The Labute approximate surface area is 121 Å². The van der Waals surface area contributed by atoms with Crippen LogP contribution >= 0.6 is 23.1 Å². The van der Waals surface area contributed by atoms with E-state index in [2.05, 4.69) is 24.0 Å². The third kappa shape index (κ3) is 3.36. The van der Waals surface area contributed by atoms with Gasteiger partial charge in [-0.25, -0.2) is 9.78 Å². The van der Waals surface area contributed by atoms with E-state index in [1.807, 2.05) is 19.1 Å². The summed E-state index contributed by atoms with van der Waals surface area (Å²) in [7, 11) is 1.39. The van der Waals surface area contributed by atoms with Crippen LogP contribution in [0.25, 0.3) is 0 Å². The van der Waals surface area contributed by atoms with Gasteiger partial charge in [0.05, 0.1) is 18.6 Å². The Kier molecular flexibility index (Phi) is 4.61. The third-order valence-corrected chi connectivity index (χ3v) is 5.16. The first kappa shape index (κ1) is 14.1. The maximum absolute atomic E-state index is 11.5. The number of hydrogen-bond acceptors (Lipinski definition) is 5. The lowest BCUT2D eigenvalue weighted by atomic mass is 10.2. The molecule has 0 amide bonds. The molecule has 1 aromatic heterocycles. The molecular formula is C14H15NO2S2. The summed E-state index contributed by atoms with van der Waals surface area (Å²) >= 11 is 3.15. The molecule has 0 radical (unpaired) electrons. The van der Waals surface area contributed by atoms with Gasteiger partial charge in [-0.3, -0.25) is 0 Å². The Morgan fingerprint density at radius 1 is 1.37 bits per heavy atom. The number of aromatic nitrogens is 1. The molecule has 5 heteroatoms. The highest BCUT2D eigenvalue weighted by molar-refractivity contribution is 7.98. The largest absolute Gasteiger partial charge is 0.465 e. The zero-order valence-electron chi connectivity index (χ0n) is 11.1. The van der Waals surface area contributed by atoms with Crippen molar-refractivity contribution >= 4 is 29.1 Å². The Morgan fingerprint density at radius 3 is 2.79 bits per heavy atom. The molecule has 1 heterocycles. The average molecular weight is 293 g/mol. The van der Waals surface area contributed by atoms with Gasteiger partial charge in [0.1, 0.15) is 9.88 Å². The molecule has 19 heavy (non-hydrogen) atoms. The van der Waals surface area contributed by atoms with E-state index in [0.717, 1.165) is 16.5 Å². The second-order valence-electron chi connectivity index (χ2n) is 4.07. The molecule has 0 fully saturated rings. The predicted octanol–water partition coefficient (Wildman–Crippen LogP) is 3.84. The van der Waals surface area contributed by atoms with Crippen LogP contribution in [0.15, 0.2) is 29.2 Å². The van der Waals surface area contributed by atoms with Crippen molar-refractivity contribution < 1.29 is 9.53 Å². The summed E-state index contributed by atoms with van der Waals surface area (Å²) in [6, 6.07) is 8.25. The Hall–Kier alpha value is -1.33. The number of carbonyl (C=O) groups is 1. The van der Waals surface area contributed by atoms with Gasteiger partial charge in [0.2, 0.25) is 0 Å². The SMILES string of the molecule is COC(=O)c1sc(CSc2ccccc2C)nc1C. The van der Waals surface area contributed by atoms with E-state index in [-0.39, 0.29) is 5.97 Å².